The normalized spacial score (nSPS) is 13.9. The molecule has 5 heteroatoms. The number of aromatic nitrogens is 1. The number of pyridine rings is 1. The minimum Gasteiger partial charge on any atom is -0.338 e. The van der Waals surface area contributed by atoms with Crippen LogP contribution in [-0.4, -0.2) is 28.9 Å². The third kappa shape index (κ3) is 2.63. The van der Waals surface area contributed by atoms with Crippen LogP contribution in [-0.2, 0) is 0 Å². The number of likely N-dealkylation sites (tertiary alicyclic amines) is 1. The number of rotatable bonds is 2. The van der Waals surface area contributed by atoms with Crippen LogP contribution in [0.3, 0.4) is 0 Å². The van der Waals surface area contributed by atoms with Crippen LogP contribution < -0.4 is 5.56 Å². The SMILES string of the molecule is N#Cc1ccc(-c2ccc(C(=O)N3CCCC3)c(=O)[nH]2)cc1. The molecule has 1 N–H and O–H groups in total. The van der Waals surface area contributed by atoms with Crippen molar-refractivity contribution < 1.29 is 4.79 Å². The van der Waals surface area contributed by atoms with Crippen molar-refractivity contribution in [3.63, 3.8) is 0 Å². The standard InChI is InChI=1S/C17H15N3O2/c18-11-12-3-5-13(6-4-12)15-8-7-14(16(21)19-15)17(22)20-9-1-2-10-20/h3-8H,1-2,9-10H2,(H,19,21). The lowest BCUT2D eigenvalue weighted by Crippen LogP contribution is -2.32. The van der Waals surface area contributed by atoms with Gasteiger partial charge < -0.3 is 9.88 Å². The number of nitriles is 1. The minimum atomic E-state index is -0.376. The first kappa shape index (κ1) is 14.1. The smallest absolute Gasteiger partial charge is 0.261 e. The van der Waals surface area contributed by atoms with Crippen molar-refractivity contribution >= 4 is 5.91 Å². The monoisotopic (exact) mass is 293 g/mol. The van der Waals surface area contributed by atoms with Gasteiger partial charge in [0.05, 0.1) is 11.6 Å². The number of nitrogens with zero attached hydrogens (tertiary/aromatic N) is 2. The second kappa shape index (κ2) is 5.86. The highest BCUT2D eigenvalue weighted by Gasteiger charge is 2.21. The molecule has 110 valence electrons. The summed E-state index contributed by atoms with van der Waals surface area (Å²) in [5.41, 5.74) is 1.80. The third-order valence-electron chi connectivity index (χ3n) is 3.86. The molecule has 2 aromatic rings. The second-order valence-corrected chi connectivity index (χ2v) is 5.30. The fourth-order valence-electron chi connectivity index (χ4n) is 2.63. The summed E-state index contributed by atoms with van der Waals surface area (Å²) in [5, 5.41) is 8.79. The number of carbonyl (C=O) groups is 1. The molecule has 5 nitrogen and oxygen atoms in total. The molecule has 1 fully saturated rings. The Labute approximate surface area is 127 Å². The van der Waals surface area contributed by atoms with Gasteiger partial charge in [-0.05, 0) is 42.7 Å². The van der Waals surface area contributed by atoms with Gasteiger partial charge in [-0.15, -0.1) is 0 Å². The van der Waals surface area contributed by atoms with Crippen LogP contribution in [0.1, 0.15) is 28.8 Å². The molecule has 0 unspecified atom stereocenters. The molecule has 2 heterocycles. The van der Waals surface area contributed by atoms with E-state index in [2.05, 4.69) is 11.1 Å². The predicted molar refractivity (Wildman–Crippen MR) is 82.4 cm³/mol. The molecule has 0 aliphatic carbocycles. The first-order chi connectivity index (χ1) is 10.7. The van der Waals surface area contributed by atoms with E-state index >= 15 is 0 Å². The molecule has 0 bridgehead atoms. The van der Waals surface area contributed by atoms with Gasteiger partial charge in [0.1, 0.15) is 5.56 Å². The largest absolute Gasteiger partial charge is 0.338 e. The van der Waals surface area contributed by atoms with E-state index in [1.54, 1.807) is 41.3 Å². The lowest BCUT2D eigenvalue weighted by Gasteiger charge is -2.14. The van der Waals surface area contributed by atoms with E-state index in [0.29, 0.717) is 11.3 Å². The van der Waals surface area contributed by atoms with Crippen molar-refractivity contribution in [2.45, 2.75) is 12.8 Å². The van der Waals surface area contributed by atoms with Gasteiger partial charge in [-0.25, -0.2) is 0 Å². The molecular formula is C17H15N3O2. The minimum absolute atomic E-state index is 0.180. The summed E-state index contributed by atoms with van der Waals surface area (Å²) in [5.74, 6) is -0.204. The second-order valence-electron chi connectivity index (χ2n) is 5.30. The van der Waals surface area contributed by atoms with Gasteiger partial charge in [-0.2, -0.15) is 5.26 Å². The van der Waals surface area contributed by atoms with Crippen molar-refractivity contribution in [2.24, 2.45) is 0 Å². The Balaban J connectivity index is 1.90. The zero-order valence-corrected chi connectivity index (χ0v) is 12.0. The van der Waals surface area contributed by atoms with Crippen LogP contribution in [0.15, 0.2) is 41.2 Å². The lowest BCUT2D eigenvalue weighted by molar-refractivity contribution is 0.0791. The average Bonchev–Trinajstić information content (AvgIpc) is 3.09. The predicted octanol–water partition coefficient (Wildman–Crippen LogP) is 2.15. The van der Waals surface area contributed by atoms with Crippen LogP contribution in [0.5, 0.6) is 0 Å². The van der Waals surface area contributed by atoms with Crippen molar-refractivity contribution in [3.05, 3.63) is 57.9 Å². The topological polar surface area (TPSA) is 77.0 Å². The summed E-state index contributed by atoms with van der Waals surface area (Å²) in [6.45, 7) is 1.44. The molecule has 1 aromatic carbocycles. The zero-order chi connectivity index (χ0) is 15.5. The van der Waals surface area contributed by atoms with E-state index < -0.39 is 0 Å². The van der Waals surface area contributed by atoms with Crippen LogP contribution in [0.2, 0.25) is 0 Å². The first-order valence-electron chi connectivity index (χ1n) is 7.22. The highest BCUT2D eigenvalue weighted by molar-refractivity contribution is 5.94. The molecule has 0 spiro atoms. The van der Waals surface area contributed by atoms with E-state index in [4.69, 9.17) is 5.26 Å². The Morgan fingerprint density at radius 1 is 1.09 bits per heavy atom. The van der Waals surface area contributed by atoms with Gasteiger partial charge in [-0.1, -0.05) is 12.1 Å². The Morgan fingerprint density at radius 2 is 1.77 bits per heavy atom. The Kier molecular flexibility index (Phi) is 3.75. The number of hydrogen-bond donors (Lipinski definition) is 1. The van der Waals surface area contributed by atoms with Crippen molar-refractivity contribution in [3.8, 4) is 17.3 Å². The van der Waals surface area contributed by atoms with Gasteiger partial charge in [0.2, 0.25) is 0 Å². The maximum absolute atomic E-state index is 12.3. The maximum Gasteiger partial charge on any atom is 0.261 e. The molecule has 0 atom stereocenters. The number of benzene rings is 1. The molecule has 0 radical (unpaired) electrons. The summed E-state index contributed by atoms with van der Waals surface area (Å²) in [6, 6.07) is 12.3. The average molecular weight is 293 g/mol. The molecule has 1 aromatic heterocycles. The van der Waals surface area contributed by atoms with Crippen LogP contribution in [0, 0.1) is 11.3 Å². The number of hydrogen-bond acceptors (Lipinski definition) is 3. The number of amides is 1. The summed E-state index contributed by atoms with van der Waals surface area (Å²) >= 11 is 0. The molecule has 0 saturated carbocycles. The molecule has 1 aliphatic heterocycles. The molecular weight excluding hydrogens is 278 g/mol. The zero-order valence-electron chi connectivity index (χ0n) is 12.0. The van der Waals surface area contributed by atoms with E-state index in [0.717, 1.165) is 31.5 Å². The number of nitrogens with one attached hydrogen (secondary N) is 1. The van der Waals surface area contributed by atoms with E-state index in [9.17, 15) is 9.59 Å². The van der Waals surface area contributed by atoms with Crippen molar-refractivity contribution in [1.29, 1.82) is 5.26 Å². The molecule has 1 amide bonds. The Morgan fingerprint density at radius 3 is 2.36 bits per heavy atom. The van der Waals surface area contributed by atoms with Crippen LogP contribution in [0.4, 0.5) is 0 Å². The van der Waals surface area contributed by atoms with E-state index in [-0.39, 0.29) is 17.0 Å². The van der Waals surface area contributed by atoms with E-state index in [1.165, 1.54) is 0 Å². The Bertz CT molecular complexity index is 794. The van der Waals surface area contributed by atoms with Gasteiger partial charge in [0, 0.05) is 18.8 Å². The lowest BCUT2D eigenvalue weighted by atomic mass is 10.1. The van der Waals surface area contributed by atoms with Crippen LogP contribution in [0.25, 0.3) is 11.3 Å². The fraction of sp³-hybridized carbons (Fsp3) is 0.235. The molecule has 1 aliphatic rings. The maximum atomic E-state index is 12.3. The van der Waals surface area contributed by atoms with Crippen molar-refractivity contribution in [2.75, 3.05) is 13.1 Å². The van der Waals surface area contributed by atoms with Gasteiger partial charge in [0.25, 0.3) is 11.5 Å². The number of aromatic amines is 1. The first-order valence-corrected chi connectivity index (χ1v) is 7.22. The van der Waals surface area contributed by atoms with Crippen molar-refractivity contribution in [1.82, 2.24) is 9.88 Å². The van der Waals surface area contributed by atoms with Gasteiger partial charge >= 0.3 is 0 Å². The highest BCUT2D eigenvalue weighted by atomic mass is 16.2. The highest BCUT2D eigenvalue weighted by Crippen LogP contribution is 2.17. The quantitative estimate of drug-likeness (QED) is 0.921. The van der Waals surface area contributed by atoms with Gasteiger partial charge in [-0.3, -0.25) is 9.59 Å². The molecule has 22 heavy (non-hydrogen) atoms. The summed E-state index contributed by atoms with van der Waals surface area (Å²) in [6.07, 6.45) is 1.99. The number of carbonyl (C=O) groups excluding carboxylic acids is 1. The number of H-pyrrole nitrogens is 1. The third-order valence-corrected chi connectivity index (χ3v) is 3.86. The summed E-state index contributed by atoms with van der Waals surface area (Å²) in [4.78, 5) is 28.9. The molecule has 3 rings (SSSR count). The summed E-state index contributed by atoms with van der Waals surface area (Å²) < 4.78 is 0. The Hall–Kier alpha value is -2.87. The molecule has 1 saturated heterocycles. The fourth-order valence-corrected chi connectivity index (χ4v) is 2.63. The van der Waals surface area contributed by atoms with E-state index in [1.807, 2.05) is 0 Å². The van der Waals surface area contributed by atoms with Gasteiger partial charge in [0.15, 0.2) is 0 Å². The van der Waals surface area contributed by atoms with Crippen LogP contribution >= 0.6 is 0 Å². The summed E-state index contributed by atoms with van der Waals surface area (Å²) in [7, 11) is 0.